The van der Waals surface area contributed by atoms with Crippen molar-refractivity contribution in [1.29, 1.82) is 0 Å². The van der Waals surface area contributed by atoms with Crippen LogP contribution in [0.25, 0.3) is 0 Å². The number of imidazole rings is 1. The molecule has 0 spiro atoms. The fourth-order valence-electron chi connectivity index (χ4n) is 2.68. The van der Waals surface area contributed by atoms with E-state index in [0.29, 0.717) is 33.3 Å². The van der Waals surface area contributed by atoms with Crippen molar-refractivity contribution in [1.82, 2.24) is 15.0 Å². The summed E-state index contributed by atoms with van der Waals surface area (Å²) >= 11 is 2.17. The van der Waals surface area contributed by atoms with E-state index in [9.17, 15) is 18.0 Å². The molecule has 3 rings (SSSR count). The Morgan fingerprint density at radius 1 is 1.23 bits per heavy atom. The van der Waals surface area contributed by atoms with Gasteiger partial charge in [-0.3, -0.25) is 9.59 Å². The predicted molar refractivity (Wildman–Crippen MR) is 135 cm³/mol. The maximum absolute atomic E-state index is 12.5. The summed E-state index contributed by atoms with van der Waals surface area (Å²) in [6.45, 7) is 4.50. The van der Waals surface area contributed by atoms with Gasteiger partial charge in [0.05, 0.1) is 16.5 Å². The number of para-hydroxylation sites is 2. The Bertz CT molecular complexity index is 1270. The number of anilines is 2. The van der Waals surface area contributed by atoms with E-state index in [4.69, 9.17) is 10.5 Å². The van der Waals surface area contributed by atoms with Gasteiger partial charge in [-0.2, -0.15) is 0 Å². The highest BCUT2D eigenvalue weighted by Gasteiger charge is 2.27. The first-order valence-electron chi connectivity index (χ1n) is 10.5. The molecule has 0 aliphatic heterocycles. The van der Waals surface area contributed by atoms with Gasteiger partial charge in [0.2, 0.25) is 11.8 Å². The maximum Gasteiger partial charge on any atom is 0.235 e. The number of hydrogen-bond acceptors (Lipinski definition) is 10. The van der Waals surface area contributed by atoms with Crippen LogP contribution in [-0.4, -0.2) is 48.0 Å². The van der Waals surface area contributed by atoms with Crippen molar-refractivity contribution in [3.8, 4) is 5.75 Å². The van der Waals surface area contributed by atoms with E-state index in [1.54, 1.807) is 36.7 Å². The lowest BCUT2D eigenvalue weighted by Crippen LogP contribution is -2.23. The largest absolute Gasteiger partial charge is 0.491 e. The number of carbonyl (C=O) groups excluding carboxylic acids is 2. The molecular weight excluding hydrogens is 512 g/mol. The van der Waals surface area contributed by atoms with Gasteiger partial charge in [-0.1, -0.05) is 37.3 Å². The molecule has 5 N–H and O–H groups in total. The number of nitrogens with zero attached hydrogens (tertiary/aromatic N) is 2. The standard InChI is InChI=1S/C21H26N6O5S3/c1-12(2)11-32-14-7-5-4-6-13(14)25-15(28)10-16(29)26-21-27-17(18(22)35(3,30)31)19(34-21)33-20-23-8-9-24-20/h4-9,12,18H,10-11,22H2,1-3H3,(H,23,24)(H,25,28)(H,26,27,29). The molecule has 0 saturated heterocycles. The highest BCUT2D eigenvalue weighted by molar-refractivity contribution is 8.01. The van der Waals surface area contributed by atoms with E-state index < -0.39 is 33.4 Å². The molecule has 0 radical (unpaired) electrons. The zero-order chi connectivity index (χ0) is 25.6. The van der Waals surface area contributed by atoms with Crippen molar-refractivity contribution in [3.05, 3.63) is 42.4 Å². The molecule has 11 nitrogen and oxygen atoms in total. The number of nitrogens with one attached hydrogen (secondary N) is 3. The number of aromatic amines is 1. The Morgan fingerprint density at radius 2 is 1.94 bits per heavy atom. The van der Waals surface area contributed by atoms with Crippen LogP contribution in [-0.2, 0) is 19.4 Å². The highest BCUT2D eigenvalue weighted by Crippen LogP contribution is 2.39. The van der Waals surface area contributed by atoms with Crippen LogP contribution in [0.2, 0.25) is 0 Å². The number of benzene rings is 1. The number of nitrogens with two attached hydrogens (primary N) is 1. The molecule has 2 aromatic heterocycles. The summed E-state index contributed by atoms with van der Waals surface area (Å²) in [5.74, 6) is -0.350. The third-order valence-electron chi connectivity index (χ3n) is 4.31. The minimum absolute atomic E-state index is 0.0925. The smallest absolute Gasteiger partial charge is 0.235 e. The number of amides is 2. The van der Waals surface area contributed by atoms with Crippen LogP contribution in [0.1, 0.15) is 31.3 Å². The Labute approximate surface area is 211 Å². The normalized spacial score (nSPS) is 12.4. The number of hydrogen-bond donors (Lipinski definition) is 4. The molecule has 35 heavy (non-hydrogen) atoms. The van der Waals surface area contributed by atoms with E-state index in [1.165, 1.54) is 0 Å². The van der Waals surface area contributed by atoms with Gasteiger partial charge in [0.15, 0.2) is 25.5 Å². The van der Waals surface area contributed by atoms with Crippen molar-refractivity contribution in [2.24, 2.45) is 11.7 Å². The van der Waals surface area contributed by atoms with E-state index in [1.807, 2.05) is 13.8 Å². The fraction of sp³-hybridized carbons (Fsp3) is 0.333. The minimum Gasteiger partial charge on any atom is -0.491 e. The van der Waals surface area contributed by atoms with Gasteiger partial charge in [0.25, 0.3) is 0 Å². The number of H-pyrrole nitrogens is 1. The third-order valence-corrected chi connectivity index (χ3v) is 7.55. The third kappa shape index (κ3) is 7.78. The summed E-state index contributed by atoms with van der Waals surface area (Å²) in [4.78, 5) is 36.2. The van der Waals surface area contributed by atoms with Crippen LogP contribution in [0.15, 0.2) is 46.0 Å². The van der Waals surface area contributed by atoms with E-state index >= 15 is 0 Å². The van der Waals surface area contributed by atoms with Crippen molar-refractivity contribution >= 4 is 55.6 Å². The van der Waals surface area contributed by atoms with E-state index in [-0.39, 0.29) is 10.8 Å². The first-order valence-corrected chi connectivity index (χ1v) is 14.1. The number of thiazole rings is 1. The molecule has 188 valence electrons. The van der Waals surface area contributed by atoms with Crippen LogP contribution in [0.5, 0.6) is 5.75 Å². The van der Waals surface area contributed by atoms with E-state index in [0.717, 1.165) is 29.4 Å². The molecule has 0 aliphatic carbocycles. The summed E-state index contributed by atoms with van der Waals surface area (Å²) in [7, 11) is -3.65. The summed E-state index contributed by atoms with van der Waals surface area (Å²) in [6.07, 6.45) is 3.69. The number of ether oxygens (including phenoxy) is 1. The molecule has 14 heteroatoms. The van der Waals surface area contributed by atoms with Gasteiger partial charge in [-0.25, -0.2) is 18.4 Å². The van der Waals surface area contributed by atoms with Crippen molar-refractivity contribution in [3.63, 3.8) is 0 Å². The zero-order valence-electron chi connectivity index (χ0n) is 19.3. The summed E-state index contributed by atoms with van der Waals surface area (Å²) in [5.41, 5.74) is 6.44. The summed E-state index contributed by atoms with van der Waals surface area (Å²) < 4.78 is 30.2. The Kier molecular flexibility index (Phi) is 8.88. The van der Waals surface area contributed by atoms with Gasteiger partial charge in [0.1, 0.15) is 17.9 Å². The first kappa shape index (κ1) is 26.7. The lowest BCUT2D eigenvalue weighted by atomic mass is 10.2. The van der Waals surface area contributed by atoms with Crippen LogP contribution < -0.4 is 21.1 Å². The second-order valence-corrected chi connectivity index (χ2v) is 12.3. The lowest BCUT2D eigenvalue weighted by molar-refractivity contribution is -0.123. The monoisotopic (exact) mass is 538 g/mol. The van der Waals surface area contributed by atoms with Gasteiger partial charge < -0.3 is 26.1 Å². The maximum atomic E-state index is 12.5. The molecule has 1 atom stereocenters. The van der Waals surface area contributed by atoms with Crippen molar-refractivity contribution in [2.45, 2.75) is 35.0 Å². The number of sulfone groups is 1. The molecule has 0 saturated carbocycles. The molecule has 0 aliphatic rings. The topological polar surface area (TPSA) is 169 Å². The molecule has 3 aromatic rings. The quantitative estimate of drug-likeness (QED) is 0.268. The Morgan fingerprint density at radius 3 is 2.60 bits per heavy atom. The van der Waals surface area contributed by atoms with Gasteiger partial charge in [0, 0.05) is 18.6 Å². The van der Waals surface area contributed by atoms with Crippen LogP contribution in [0, 0.1) is 5.92 Å². The van der Waals surface area contributed by atoms with Gasteiger partial charge in [-0.15, -0.1) is 0 Å². The Balaban J connectivity index is 1.69. The molecule has 1 unspecified atom stereocenters. The van der Waals surface area contributed by atoms with Crippen molar-refractivity contribution in [2.75, 3.05) is 23.5 Å². The fourth-order valence-corrected chi connectivity index (χ4v) is 5.50. The number of carbonyl (C=O) groups is 2. The highest BCUT2D eigenvalue weighted by atomic mass is 32.2. The second-order valence-electron chi connectivity index (χ2n) is 7.91. The zero-order valence-corrected chi connectivity index (χ0v) is 21.7. The van der Waals surface area contributed by atoms with Gasteiger partial charge in [-0.05, 0) is 29.8 Å². The summed E-state index contributed by atoms with van der Waals surface area (Å²) in [5, 5.41) is 4.46. The molecule has 0 fully saturated rings. The first-order chi connectivity index (χ1) is 16.5. The second kappa shape index (κ2) is 11.7. The van der Waals surface area contributed by atoms with E-state index in [2.05, 4.69) is 25.6 Å². The average Bonchev–Trinajstić information content (AvgIpc) is 3.41. The molecule has 1 aromatic carbocycles. The molecule has 2 amide bonds. The van der Waals surface area contributed by atoms with Crippen molar-refractivity contribution < 1.29 is 22.7 Å². The van der Waals surface area contributed by atoms with Crippen LogP contribution in [0.3, 0.4) is 0 Å². The molecule has 0 bridgehead atoms. The number of aromatic nitrogens is 3. The molecular formula is C21H26N6O5S3. The van der Waals surface area contributed by atoms with Gasteiger partial charge >= 0.3 is 0 Å². The molecule has 2 heterocycles. The van der Waals surface area contributed by atoms with Crippen LogP contribution in [0.4, 0.5) is 10.8 Å². The SMILES string of the molecule is CC(C)COc1ccccc1NC(=O)CC(=O)Nc1nc(C(N)S(C)(=O)=O)c(Sc2ncc[nH]2)s1. The summed E-state index contributed by atoms with van der Waals surface area (Å²) in [6, 6.07) is 6.96. The minimum atomic E-state index is -3.65. The predicted octanol–water partition coefficient (Wildman–Crippen LogP) is 3.02. The Hall–Kier alpha value is -2.94. The van der Waals surface area contributed by atoms with Crippen LogP contribution >= 0.6 is 23.1 Å². The average molecular weight is 539 g/mol. The number of rotatable bonds is 11. The lowest BCUT2D eigenvalue weighted by Gasteiger charge is -2.13.